The molecule has 0 spiro atoms. The van der Waals surface area contributed by atoms with Crippen LogP contribution in [0.5, 0.6) is 11.5 Å². The topological polar surface area (TPSA) is 87.1 Å². The summed E-state index contributed by atoms with van der Waals surface area (Å²) in [6.07, 6.45) is 0. The average Bonchev–Trinajstić information content (AvgIpc) is 3.07. The zero-order valence-electron chi connectivity index (χ0n) is 19.6. The monoisotopic (exact) mass is 457 g/mol. The molecule has 0 aromatic heterocycles. The van der Waals surface area contributed by atoms with Crippen LogP contribution in [0.3, 0.4) is 0 Å². The van der Waals surface area contributed by atoms with Gasteiger partial charge in [0.25, 0.3) is 11.7 Å². The van der Waals surface area contributed by atoms with Gasteiger partial charge in [0.1, 0.15) is 17.3 Å². The van der Waals surface area contributed by atoms with Crippen molar-refractivity contribution >= 4 is 23.1 Å². The number of ketones is 1. The lowest BCUT2D eigenvalue weighted by atomic mass is 9.94. The summed E-state index contributed by atoms with van der Waals surface area (Å²) in [5.74, 6) is -0.987. The smallest absolute Gasteiger partial charge is 0.300 e. The first-order valence-corrected chi connectivity index (χ1v) is 11.1. The largest absolute Gasteiger partial charge is 0.508 e. The molecule has 6 heteroatoms. The van der Waals surface area contributed by atoms with E-state index < -0.39 is 17.7 Å². The van der Waals surface area contributed by atoms with Gasteiger partial charge in [-0.25, -0.2) is 0 Å². The Hall–Kier alpha value is -4.06. The first kappa shape index (κ1) is 23.1. The number of Topliss-reactive ketones (excluding diaryl/α,β-unsaturated/α-hetero) is 1. The normalized spacial score (nSPS) is 17.3. The maximum atomic E-state index is 13.3. The fourth-order valence-corrected chi connectivity index (χ4v) is 4.22. The van der Waals surface area contributed by atoms with E-state index in [0.717, 1.165) is 16.7 Å². The van der Waals surface area contributed by atoms with Gasteiger partial charge in [0.15, 0.2) is 0 Å². The van der Waals surface area contributed by atoms with E-state index in [4.69, 9.17) is 4.74 Å². The van der Waals surface area contributed by atoms with Crippen LogP contribution in [0.25, 0.3) is 5.76 Å². The van der Waals surface area contributed by atoms with Gasteiger partial charge in [-0.05, 0) is 92.4 Å². The fraction of sp³-hybridized carbons (Fsp3) is 0.214. The summed E-state index contributed by atoms with van der Waals surface area (Å²) in [5, 5.41) is 21.1. The number of phenols is 1. The van der Waals surface area contributed by atoms with Crippen LogP contribution in [0.15, 0.2) is 66.2 Å². The molecule has 4 rings (SSSR count). The highest BCUT2D eigenvalue weighted by Crippen LogP contribution is 2.43. The summed E-state index contributed by atoms with van der Waals surface area (Å²) >= 11 is 0. The Morgan fingerprint density at radius 2 is 1.62 bits per heavy atom. The minimum absolute atomic E-state index is 0.00234. The van der Waals surface area contributed by atoms with E-state index in [9.17, 15) is 19.8 Å². The molecule has 1 aliphatic heterocycles. The molecule has 174 valence electrons. The summed E-state index contributed by atoms with van der Waals surface area (Å²) in [5.41, 5.74) is 4.41. The van der Waals surface area contributed by atoms with Crippen LogP contribution in [0.2, 0.25) is 0 Å². The Labute approximate surface area is 198 Å². The minimum Gasteiger partial charge on any atom is -0.508 e. The van der Waals surface area contributed by atoms with Crippen molar-refractivity contribution in [2.45, 2.75) is 33.7 Å². The summed E-state index contributed by atoms with van der Waals surface area (Å²) < 4.78 is 5.58. The summed E-state index contributed by atoms with van der Waals surface area (Å²) in [6.45, 7) is 8.16. The third-order valence-electron chi connectivity index (χ3n) is 6.17. The number of aromatic hydroxyl groups is 1. The molecule has 1 saturated heterocycles. The number of carbonyl (C=O) groups is 2. The first-order valence-electron chi connectivity index (χ1n) is 11.1. The van der Waals surface area contributed by atoms with E-state index in [-0.39, 0.29) is 17.1 Å². The van der Waals surface area contributed by atoms with E-state index in [1.54, 1.807) is 36.4 Å². The number of carbonyl (C=O) groups excluding carboxylic acids is 2. The van der Waals surface area contributed by atoms with Crippen molar-refractivity contribution in [2.75, 3.05) is 11.5 Å². The molecule has 0 bridgehead atoms. The van der Waals surface area contributed by atoms with Crippen molar-refractivity contribution in [3.05, 3.63) is 94.1 Å². The van der Waals surface area contributed by atoms with Gasteiger partial charge in [-0.2, -0.15) is 0 Å². The van der Waals surface area contributed by atoms with Gasteiger partial charge in [0.2, 0.25) is 0 Å². The van der Waals surface area contributed by atoms with E-state index in [0.29, 0.717) is 29.2 Å². The van der Waals surface area contributed by atoms with Gasteiger partial charge in [-0.15, -0.1) is 0 Å². The fourth-order valence-electron chi connectivity index (χ4n) is 4.22. The molecular formula is C28H27NO5. The zero-order valence-corrected chi connectivity index (χ0v) is 19.6. The predicted molar refractivity (Wildman–Crippen MR) is 131 cm³/mol. The Balaban J connectivity index is 1.92. The van der Waals surface area contributed by atoms with Gasteiger partial charge >= 0.3 is 0 Å². The maximum Gasteiger partial charge on any atom is 0.300 e. The molecule has 6 nitrogen and oxygen atoms in total. The number of phenolic OH excluding ortho intramolecular Hbond substituents is 1. The molecule has 1 fully saturated rings. The summed E-state index contributed by atoms with van der Waals surface area (Å²) in [7, 11) is 0. The number of nitrogens with zero attached hydrogens (tertiary/aromatic N) is 1. The molecule has 2 N–H and O–H groups in total. The van der Waals surface area contributed by atoms with Gasteiger partial charge in [-0.1, -0.05) is 18.2 Å². The number of ether oxygens (including phenoxy) is 1. The number of benzene rings is 3. The maximum absolute atomic E-state index is 13.3. The number of aliphatic hydroxyl groups is 1. The molecule has 3 aromatic rings. The second-order valence-corrected chi connectivity index (χ2v) is 8.44. The third-order valence-corrected chi connectivity index (χ3v) is 6.17. The summed E-state index contributed by atoms with van der Waals surface area (Å²) in [6, 6.07) is 16.1. The number of hydrogen-bond acceptors (Lipinski definition) is 5. The molecule has 1 heterocycles. The lowest BCUT2D eigenvalue weighted by Gasteiger charge is -2.26. The van der Waals surface area contributed by atoms with Crippen molar-refractivity contribution in [1.29, 1.82) is 0 Å². The number of rotatable bonds is 5. The molecule has 1 aliphatic rings. The summed E-state index contributed by atoms with van der Waals surface area (Å²) in [4.78, 5) is 28.0. The van der Waals surface area contributed by atoms with Crippen molar-refractivity contribution in [3.8, 4) is 11.5 Å². The Morgan fingerprint density at radius 3 is 2.24 bits per heavy atom. The van der Waals surface area contributed by atoms with E-state index in [2.05, 4.69) is 0 Å². The molecule has 1 amide bonds. The van der Waals surface area contributed by atoms with Crippen LogP contribution in [0, 0.1) is 20.8 Å². The van der Waals surface area contributed by atoms with Gasteiger partial charge in [0.05, 0.1) is 18.2 Å². The van der Waals surface area contributed by atoms with Crippen molar-refractivity contribution in [3.63, 3.8) is 0 Å². The van der Waals surface area contributed by atoms with E-state index >= 15 is 0 Å². The molecular weight excluding hydrogens is 430 g/mol. The number of aryl methyl sites for hydroxylation is 3. The molecule has 0 aliphatic carbocycles. The second-order valence-electron chi connectivity index (χ2n) is 8.44. The first-order chi connectivity index (χ1) is 16.2. The number of amides is 1. The van der Waals surface area contributed by atoms with Gasteiger partial charge in [-0.3, -0.25) is 14.5 Å². The van der Waals surface area contributed by atoms with E-state index in [1.165, 1.54) is 17.0 Å². The standard InChI is InChI=1S/C28H27NO5/c1-5-34-23-13-9-20(14-18(23)4)26(31)24-25(19-7-11-22(30)12-8-19)29(28(33)27(24)32)21-10-6-16(2)17(3)15-21/h6-15,25,30-31H,5H2,1-4H3/b26-24+. The van der Waals surface area contributed by atoms with Crippen molar-refractivity contribution in [1.82, 2.24) is 0 Å². The molecule has 1 atom stereocenters. The molecule has 0 radical (unpaired) electrons. The van der Waals surface area contributed by atoms with Crippen LogP contribution < -0.4 is 9.64 Å². The molecule has 1 unspecified atom stereocenters. The highest BCUT2D eigenvalue weighted by atomic mass is 16.5. The van der Waals surface area contributed by atoms with Crippen molar-refractivity contribution < 1.29 is 24.5 Å². The Morgan fingerprint density at radius 1 is 0.912 bits per heavy atom. The number of hydrogen-bond donors (Lipinski definition) is 2. The van der Waals surface area contributed by atoms with Gasteiger partial charge in [0, 0.05) is 11.3 Å². The molecule has 3 aromatic carbocycles. The highest BCUT2D eigenvalue weighted by molar-refractivity contribution is 6.51. The van der Waals surface area contributed by atoms with Crippen LogP contribution in [0.1, 0.15) is 40.8 Å². The quantitative estimate of drug-likeness (QED) is 0.307. The SMILES string of the molecule is CCOc1ccc(/C(O)=C2\C(=O)C(=O)N(c3ccc(C)c(C)c3)C2c2ccc(O)cc2)cc1C. The van der Waals surface area contributed by atoms with Crippen LogP contribution in [-0.4, -0.2) is 28.5 Å². The Kier molecular flexibility index (Phi) is 6.16. The number of aliphatic hydroxyl groups excluding tert-OH is 1. The molecule has 0 saturated carbocycles. The number of anilines is 1. The highest BCUT2D eigenvalue weighted by Gasteiger charge is 2.47. The van der Waals surface area contributed by atoms with Crippen LogP contribution in [0.4, 0.5) is 5.69 Å². The zero-order chi connectivity index (χ0) is 24.6. The van der Waals surface area contributed by atoms with Crippen LogP contribution >= 0.6 is 0 Å². The lowest BCUT2D eigenvalue weighted by molar-refractivity contribution is -0.132. The predicted octanol–water partition coefficient (Wildman–Crippen LogP) is 5.34. The third kappa shape index (κ3) is 4.03. The minimum atomic E-state index is -0.852. The Bertz CT molecular complexity index is 1310. The van der Waals surface area contributed by atoms with Crippen LogP contribution in [-0.2, 0) is 9.59 Å². The van der Waals surface area contributed by atoms with Crippen molar-refractivity contribution in [2.24, 2.45) is 0 Å². The second kappa shape index (κ2) is 9.06. The molecule has 34 heavy (non-hydrogen) atoms. The van der Waals surface area contributed by atoms with Gasteiger partial charge < -0.3 is 14.9 Å². The average molecular weight is 458 g/mol. The van der Waals surface area contributed by atoms with E-state index in [1.807, 2.05) is 39.8 Å². The lowest BCUT2D eigenvalue weighted by Crippen LogP contribution is -2.29.